The van der Waals surface area contributed by atoms with E-state index in [0.717, 1.165) is 30.6 Å². The van der Waals surface area contributed by atoms with Gasteiger partial charge in [-0.2, -0.15) is 0 Å². The second-order valence-corrected chi connectivity index (χ2v) is 7.84. The number of carboxylic acids is 1. The Morgan fingerprint density at radius 3 is 2.48 bits per heavy atom. The van der Waals surface area contributed by atoms with E-state index in [9.17, 15) is 14.7 Å². The van der Waals surface area contributed by atoms with Gasteiger partial charge in [0.2, 0.25) is 5.91 Å². The van der Waals surface area contributed by atoms with Crippen LogP contribution in [0.15, 0.2) is 18.2 Å². The molecule has 0 aliphatic heterocycles. The van der Waals surface area contributed by atoms with Crippen LogP contribution in [-0.2, 0) is 9.59 Å². The third-order valence-electron chi connectivity index (χ3n) is 5.92. The fourth-order valence-corrected chi connectivity index (χ4v) is 3.99. The number of carbonyl (C=O) groups is 2. The molecule has 2 saturated carbocycles. The molecular formula is C21H29NO5. The molecule has 0 radical (unpaired) electrons. The lowest BCUT2D eigenvalue weighted by molar-refractivity contribution is -0.157. The van der Waals surface area contributed by atoms with E-state index in [1.807, 2.05) is 25.1 Å². The number of carboxylic acid groups (broad SMARTS) is 1. The highest BCUT2D eigenvalue weighted by molar-refractivity contribution is 5.85. The van der Waals surface area contributed by atoms with Crippen LogP contribution in [0.5, 0.6) is 11.5 Å². The minimum atomic E-state index is -0.875. The number of amides is 1. The van der Waals surface area contributed by atoms with Crippen LogP contribution in [0.3, 0.4) is 0 Å². The molecule has 3 rings (SSSR count). The monoisotopic (exact) mass is 375 g/mol. The number of benzene rings is 1. The predicted octanol–water partition coefficient (Wildman–Crippen LogP) is 3.84. The van der Waals surface area contributed by atoms with Crippen LogP contribution in [0.1, 0.15) is 69.9 Å². The molecule has 2 aliphatic carbocycles. The van der Waals surface area contributed by atoms with Crippen molar-refractivity contribution >= 4 is 11.9 Å². The quantitative estimate of drug-likeness (QED) is 0.721. The Bertz CT molecular complexity index is 692. The molecule has 1 unspecified atom stereocenters. The van der Waals surface area contributed by atoms with Crippen molar-refractivity contribution in [1.29, 1.82) is 0 Å². The highest BCUT2D eigenvalue weighted by Gasteiger charge is 2.46. The fourth-order valence-electron chi connectivity index (χ4n) is 3.99. The zero-order chi connectivity index (χ0) is 19.4. The SMILES string of the molecule is COc1cc(C(C)NC(=O)CC2(C(=O)O)CCC2)ccc1OC1CCCC1. The summed E-state index contributed by atoms with van der Waals surface area (Å²) in [5, 5.41) is 12.3. The van der Waals surface area contributed by atoms with Gasteiger partial charge >= 0.3 is 5.97 Å². The zero-order valence-corrected chi connectivity index (χ0v) is 16.1. The van der Waals surface area contributed by atoms with Crippen molar-refractivity contribution in [3.8, 4) is 11.5 Å². The van der Waals surface area contributed by atoms with Crippen molar-refractivity contribution in [2.45, 2.75) is 70.4 Å². The van der Waals surface area contributed by atoms with E-state index >= 15 is 0 Å². The first-order valence-electron chi connectivity index (χ1n) is 9.81. The molecule has 1 aromatic carbocycles. The molecule has 6 nitrogen and oxygen atoms in total. The van der Waals surface area contributed by atoms with E-state index < -0.39 is 11.4 Å². The van der Waals surface area contributed by atoms with Gasteiger partial charge in [0.05, 0.1) is 24.7 Å². The molecule has 0 bridgehead atoms. The van der Waals surface area contributed by atoms with E-state index in [2.05, 4.69) is 5.32 Å². The summed E-state index contributed by atoms with van der Waals surface area (Å²) in [4.78, 5) is 23.8. The number of hydrogen-bond donors (Lipinski definition) is 2. The lowest BCUT2D eigenvalue weighted by atomic mass is 9.66. The minimum absolute atomic E-state index is 0.0344. The van der Waals surface area contributed by atoms with Crippen molar-refractivity contribution in [2.24, 2.45) is 5.41 Å². The molecule has 1 atom stereocenters. The van der Waals surface area contributed by atoms with E-state index in [-0.39, 0.29) is 24.5 Å². The maximum absolute atomic E-state index is 12.4. The van der Waals surface area contributed by atoms with Crippen LogP contribution < -0.4 is 14.8 Å². The van der Waals surface area contributed by atoms with E-state index in [1.54, 1.807) is 7.11 Å². The van der Waals surface area contributed by atoms with Crippen molar-refractivity contribution in [2.75, 3.05) is 7.11 Å². The summed E-state index contributed by atoms with van der Waals surface area (Å²) in [7, 11) is 1.61. The highest BCUT2D eigenvalue weighted by Crippen LogP contribution is 2.44. The largest absolute Gasteiger partial charge is 0.493 e. The first-order chi connectivity index (χ1) is 12.9. The zero-order valence-electron chi connectivity index (χ0n) is 16.1. The molecule has 148 valence electrons. The Morgan fingerprint density at radius 2 is 1.93 bits per heavy atom. The number of methoxy groups -OCH3 is 1. The second-order valence-electron chi connectivity index (χ2n) is 7.84. The second kappa shape index (κ2) is 8.19. The first kappa shape index (κ1) is 19.5. The van der Waals surface area contributed by atoms with Crippen molar-refractivity contribution in [3.63, 3.8) is 0 Å². The average Bonchev–Trinajstić information content (AvgIpc) is 3.11. The molecule has 0 heterocycles. The molecule has 0 spiro atoms. The number of rotatable bonds is 8. The normalized spacial score (nSPS) is 19.8. The maximum atomic E-state index is 12.4. The number of nitrogens with one attached hydrogen (secondary N) is 1. The number of hydrogen-bond acceptors (Lipinski definition) is 4. The van der Waals surface area contributed by atoms with Gasteiger partial charge in [-0.15, -0.1) is 0 Å². The summed E-state index contributed by atoms with van der Waals surface area (Å²) in [5.41, 5.74) is 0.0254. The third-order valence-corrected chi connectivity index (χ3v) is 5.92. The van der Waals surface area contributed by atoms with Gasteiger partial charge in [-0.3, -0.25) is 9.59 Å². The average molecular weight is 375 g/mol. The fraction of sp³-hybridized carbons (Fsp3) is 0.619. The highest BCUT2D eigenvalue weighted by atomic mass is 16.5. The van der Waals surface area contributed by atoms with Gasteiger partial charge in [0, 0.05) is 6.42 Å². The van der Waals surface area contributed by atoms with Gasteiger partial charge in [-0.25, -0.2) is 0 Å². The molecule has 27 heavy (non-hydrogen) atoms. The van der Waals surface area contributed by atoms with Gasteiger partial charge < -0.3 is 19.9 Å². The third kappa shape index (κ3) is 4.37. The molecule has 2 aliphatic rings. The van der Waals surface area contributed by atoms with E-state index in [0.29, 0.717) is 18.6 Å². The minimum Gasteiger partial charge on any atom is -0.493 e. The number of ether oxygens (including phenoxy) is 2. The molecule has 2 N–H and O–H groups in total. The predicted molar refractivity (Wildman–Crippen MR) is 101 cm³/mol. The number of aliphatic carboxylic acids is 1. The summed E-state index contributed by atoms with van der Waals surface area (Å²) >= 11 is 0. The topological polar surface area (TPSA) is 84.9 Å². The van der Waals surface area contributed by atoms with Crippen LogP contribution in [0, 0.1) is 5.41 Å². The molecule has 2 fully saturated rings. The Labute approximate surface area is 160 Å². The van der Waals surface area contributed by atoms with Gasteiger partial charge in [0.1, 0.15) is 0 Å². The standard InChI is InChI=1S/C21H29NO5/c1-14(22-19(23)13-21(20(24)25)10-5-11-21)15-8-9-17(18(12-15)26-2)27-16-6-3-4-7-16/h8-9,12,14,16H,3-7,10-11,13H2,1-2H3,(H,22,23)(H,24,25). The summed E-state index contributed by atoms with van der Waals surface area (Å²) < 4.78 is 11.5. The van der Waals surface area contributed by atoms with Gasteiger partial charge in [-0.1, -0.05) is 12.5 Å². The Hall–Kier alpha value is -2.24. The van der Waals surface area contributed by atoms with Crippen LogP contribution in [0.2, 0.25) is 0 Å². The Balaban J connectivity index is 1.62. The molecule has 0 saturated heterocycles. The molecular weight excluding hydrogens is 346 g/mol. The Morgan fingerprint density at radius 1 is 1.22 bits per heavy atom. The maximum Gasteiger partial charge on any atom is 0.310 e. The van der Waals surface area contributed by atoms with Crippen molar-refractivity contribution in [3.05, 3.63) is 23.8 Å². The van der Waals surface area contributed by atoms with Gasteiger partial charge in [0.25, 0.3) is 0 Å². The van der Waals surface area contributed by atoms with Gasteiger partial charge in [0.15, 0.2) is 11.5 Å². The molecule has 1 amide bonds. The summed E-state index contributed by atoms with van der Waals surface area (Å²) in [5.74, 6) is 0.286. The van der Waals surface area contributed by atoms with Crippen molar-refractivity contribution < 1.29 is 24.2 Å². The molecule has 6 heteroatoms. The van der Waals surface area contributed by atoms with E-state index in [4.69, 9.17) is 9.47 Å². The van der Waals surface area contributed by atoms with Gasteiger partial charge in [-0.05, 0) is 63.1 Å². The number of carbonyl (C=O) groups excluding carboxylic acids is 1. The lowest BCUT2D eigenvalue weighted by Crippen LogP contribution is -2.43. The van der Waals surface area contributed by atoms with E-state index in [1.165, 1.54) is 12.8 Å². The Kier molecular flexibility index (Phi) is 5.92. The van der Waals surface area contributed by atoms with Crippen LogP contribution in [-0.4, -0.2) is 30.2 Å². The smallest absolute Gasteiger partial charge is 0.310 e. The first-order valence-corrected chi connectivity index (χ1v) is 9.81. The molecule has 1 aromatic rings. The summed E-state index contributed by atoms with van der Waals surface area (Å²) in [6.45, 7) is 1.89. The molecule has 0 aromatic heterocycles. The van der Waals surface area contributed by atoms with Crippen LogP contribution in [0.25, 0.3) is 0 Å². The summed E-state index contributed by atoms with van der Waals surface area (Å²) in [6, 6.07) is 5.46. The summed E-state index contributed by atoms with van der Waals surface area (Å²) in [6.07, 6.45) is 6.85. The van der Waals surface area contributed by atoms with Crippen LogP contribution in [0.4, 0.5) is 0 Å². The lowest BCUT2D eigenvalue weighted by Gasteiger charge is -2.37. The van der Waals surface area contributed by atoms with Crippen molar-refractivity contribution in [1.82, 2.24) is 5.32 Å². The van der Waals surface area contributed by atoms with Crippen LogP contribution >= 0.6 is 0 Å².